The van der Waals surface area contributed by atoms with Crippen LogP contribution in [-0.4, -0.2) is 15.0 Å². The van der Waals surface area contributed by atoms with Crippen LogP contribution in [-0.2, 0) is 0 Å². The lowest BCUT2D eigenvalue weighted by molar-refractivity contribution is 1.14. The van der Waals surface area contributed by atoms with Gasteiger partial charge in [0.1, 0.15) is 5.65 Å². The minimum absolute atomic E-state index is 0.293. The molecule has 3 nitrogen and oxygen atoms in total. The lowest BCUT2D eigenvalue weighted by Crippen LogP contribution is -1.88. The molecule has 0 unspecified atom stereocenters. The minimum Gasteiger partial charge on any atom is -0.346 e. The number of fused-ring (bicyclic) bond motifs is 1. The molecule has 4 heteroatoms. The van der Waals surface area contributed by atoms with E-state index < -0.39 is 0 Å². The number of aromatic amines is 1. The molecule has 0 aliphatic rings. The van der Waals surface area contributed by atoms with Crippen molar-refractivity contribution in [1.29, 1.82) is 0 Å². The van der Waals surface area contributed by atoms with Gasteiger partial charge in [-0.3, -0.25) is 0 Å². The fourth-order valence-electron chi connectivity index (χ4n) is 1.36. The van der Waals surface area contributed by atoms with Gasteiger partial charge in [-0.25, -0.2) is 4.98 Å². The first-order valence-corrected chi connectivity index (χ1v) is 4.04. The maximum Gasteiger partial charge on any atom is 0.224 e. The van der Waals surface area contributed by atoms with E-state index in [1.165, 1.54) is 0 Å². The van der Waals surface area contributed by atoms with Gasteiger partial charge < -0.3 is 4.98 Å². The van der Waals surface area contributed by atoms with Gasteiger partial charge in [0.2, 0.25) is 5.28 Å². The minimum atomic E-state index is 0.293. The number of nitrogens with zero attached hydrogens (tertiary/aromatic N) is 2. The number of aryl methyl sites for hydroxylation is 2. The smallest absolute Gasteiger partial charge is 0.224 e. The SMILES string of the molecule is Cc1c[nH]c2nc(Cl)nc(C)c12. The zero-order valence-electron chi connectivity index (χ0n) is 6.85. The predicted molar refractivity (Wildman–Crippen MR) is 48.4 cm³/mol. The van der Waals surface area contributed by atoms with Gasteiger partial charge in [0, 0.05) is 11.6 Å². The highest BCUT2D eigenvalue weighted by atomic mass is 35.5. The van der Waals surface area contributed by atoms with E-state index in [9.17, 15) is 0 Å². The van der Waals surface area contributed by atoms with Crippen LogP contribution in [0.3, 0.4) is 0 Å². The van der Waals surface area contributed by atoms with E-state index in [1.807, 2.05) is 20.0 Å². The molecule has 2 rings (SSSR count). The number of aromatic nitrogens is 3. The fourth-order valence-corrected chi connectivity index (χ4v) is 1.58. The molecule has 2 heterocycles. The summed E-state index contributed by atoms with van der Waals surface area (Å²) in [5.41, 5.74) is 2.88. The maximum absolute atomic E-state index is 5.69. The second-order valence-electron chi connectivity index (χ2n) is 2.77. The van der Waals surface area contributed by atoms with Gasteiger partial charge in [0.15, 0.2) is 0 Å². The highest BCUT2D eigenvalue weighted by Gasteiger charge is 2.06. The van der Waals surface area contributed by atoms with Gasteiger partial charge in [-0.05, 0) is 31.0 Å². The van der Waals surface area contributed by atoms with E-state index in [0.717, 1.165) is 22.3 Å². The Morgan fingerprint density at radius 3 is 2.83 bits per heavy atom. The summed E-state index contributed by atoms with van der Waals surface area (Å²) in [5.74, 6) is 0. The molecule has 1 N–H and O–H groups in total. The van der Waals surface area contributed by atoms with Gasteiger partial charge in [-0.15, -0.1) is 0 Å². The number of H-pyrrole nitrogens is 1. The molecule has 0 aromatic carbocycles. The lowest BCUT2D eigenvalue weighted by atomic mass is 10.2. The Morgan fingerprint density at radius 1 is 1.33 bits per heavy atom. The Kier molecular flexibility index (Phi) is 1.54. The number of halogens is 1. The van der Waals surface area contributed by atoms with Gasteiger partial charge in [-0.2, -0.15) is 4.98 Å². The molecule has 0 saturated heterocycles. The van der Waals surface area contributed by atoms with Gasteiger partial charge in [-0.1, -0.05) is 0 Å². The van der Waals surface area contributed by atoms with Crippen molar-refractivity contribution in [3.05, 3.63) is 22.7 Å². The Hall–Kier alpha value is -1.09. The van der Waals surface area contributed by atoms with E-state index in [2.05, 4.69) is 15.0 Å². The number of rotatable bonds is 0. The first-order valence-electron chi connectivity index (χ1n) is 3.66. The molecular formula is C8H8ClN3. The summed E-state index contributed by atoms with van der Waals surface area (Å²) < 4.78 is 0. The van der Waals surface area contributed by atoms with Crippen LogP contribution in [0.15, 0.2) is 6.20 Å². The molecule has 0 radical (unpaired) electrons. The first kappa shape index (κ1) is 7.55. The van der Waals surface area contributed by atoms with E-state index >= 15 is 0 Å². The molecule has 0 atom stereocenters. The van der Waals surface area contributed by atoms with Crippen molar-refractivity contribution in [1.82, 2.24) is 15.0 Å². The average Bonchev–Trinajstić information content (AvgIpc) is 2.31. The molecule has 2 aromatic rings. The normalized spacial score (nSPS) is 10.9. The molecule has 0 bridgehead atoms. The van der Waals surface area contributed by atoms with Crippen molar-refractivity contribution in [3.8, 4) is 0 Å². The van der Waals surface area contributed by atoms with Crippen molar-refractivity contribution < 1.29 is 0 Å². The van der Waals surface area contributed by atoms with Crippen molar-refractivity contribution in [2.45, 2.75) is 13.8 Å². The van der Waals surface area contributed by atoms with Crippen LogP contribution < -0.4 is 0 Å². The summed E-state index contributed by atoms with van der Waals surface area (Å²) >= 11 is 5.69. The van der Waals surface area contributed by atoms with Gasteiger partial charge in [0.25, 0.3) is 0 Å². The Morgan fingerprint density at radius 2 is 2.08 bits per heavy atom. The number of nitrogens with one attached hydrogen (secondary N) is 1. The summed E-state index contributed by atoms with van der Waals surface area (Å²) in [6, 6.07) is 0. The van der Waals surface area contributed by atoms with Crippen LogP contribution in [0.5, 0.6) is 0 Å². The molecule has 0 fully saturated rings. The third-order valence-electron chi connectivity index (χ3n) is 1.88. The van der Waals surface area contributed by atoms with Crippen LogP contribution in [0, 0.1) is 13.8 Å². The monoisotopic (exact) mass is 181 g/mol. The van der Waals surface area contributed by atoms with E-state index in [1.54, 1.807) is 0 Å². The second-order valence-corrected chi connectivity index (χ2v) is 3.11. The molecule has 0 amide bonds. The molecule has 0 aliphatic heterocycles. The summed E-state index contributed by atoms with van der Waals surface area (Å²) in [5, 5.41) is 1.36. The topological polar surface area (TPSA) is 41.6 Å². The molecule has 0 spiro atoms. The molecule has 2 aromatic heterocycles. The lowest BCUT2D eigenvalue weighted by Gasteiger charge is -1.96. The van der Waals surface area contributed by atoms with Crippen molar-refractivity contribution >= 4 is 22.6 Å². The van der Waals surface area contributed by atoms with Crippen molar-refractivity contribution in [2.75, 3.05) is 0 Å². The van der Waals surface area contributed by atoms with Gasteiger partial charge in [0.05, 0.1) is 5.69 Å². The van der Waals surface area contributed by atoms with Crippen LogP contribution in [0.4, 0.5) is 0 Å². The number of hydrogen-bond acceptors (Lipinski definition) is 2. The molecule has 62 valence electrons. The zero-order chi connectivity index (χ0) is 8.72. The molecule has 0 saturated carbocycles. The van der Waals surface area contributed by atoms with E-state index in [0.29, 0.717) is 5.28 Å². The number of hydrogen-bond donors (Lipinski definition) is 1. The first-order chi connectivity index (χ1) is 5.68. The zero-order valence-corrected chi connectivity index (χ0v) is 7.61. The van der Waals surface area contributed by atoms with Crippen LogP contribution in [0.25, 0.3) is 11.0 Å². The molecule has 12 heavy (non-hydrogen) atoms. The van der Waals surface area contributed by atoms with Crippen LogP contribution in [0.1, 0.15) is 11.3 Å². The maximum atomic E-state index is 5.69. The summed E-state index contributed by atoms with van der Waals surface area (Å²) in [4.78, 5) is 11.2. The van der Waals surface area contributed by atoms with Crippen LogP contribution in [0.2, 0.25) is 5.28 Å². The highest BCUT2D eigenvalue weighted by Crippen LogP contribution is 2.19. The predicted octanol–water partition coefficient (Wildman–Crippen LogP) is 2.23. The van der Waals surface area contributed by atoms with Crippen LogP contribution >= 0.6 is 11.6 Å². The summed E-state index contributed by atoms with van der Waals surface area (Å²) in [7, 11) is 0. The van der Waals surface area contributed by atoms with E-state index in [-0.39, 0.29) is 0 Å². The molecular weight excluding hydrogens is 174 g/mol. The quantitative estimate of drug-likeness (QED) is 0.634. The van der Waals surface area contributed by atoms with Crippen molar-refractivity contribution in [2.24, 2.45) is 0 Å². The fraction of sp³-hybridized carbons (Fsp3) is 0.250. The largest absolute Gasteiger partial charge is 0.346 e. The third kappa shape index (κ3) is 0.975. The van der Waals surface area contributed by atoms with Gasteiger partial charge >= 0.3 is 0 Å². The Bertz CT molecular complexity index is 433. The highest BCUT2D eigenvalue weighted by molar-refractivity contribution is 6.28. The average molecular weight is 182 g/mol. The Labute approximate surface area is 74.8 Å². The third-order valence-corrected chi connectivity index (χ3v) is 2.05. The molecule has 0 aliphatic carbocycles. The second kappa shape index (κ2) is 2.45. The standard InChI is InChI=1S/C8H8ClN3/c1-4-3-10-7-6(4)5(2)11-8(9)12-7/h3H,1-2H3,(H,10,11,12). The summed E-state index contributed by atoms with van der Waals surface area (Å²) in [6.45, 7) is 3.94. The van der Waals surface area contributed by atoms with Crippen molar-refractivity contribution in [3.63, 3.8) is 0 Å². The van der Waals surface area contributed by atoms with E-state index in [4.69, 9.17) is 11.6 Å². The Balaban J connectivity index is 2.93. The summed E-state index contributed by atoms with van der Waals surface area (Å²) in [6.07, 6.45) is 1.91.